The van der Waals surface area contributed by atoms with Crippen molar-refractivity contribution in [3.8, 4) is 16.9 Å². The number of aromatic nitrogens is 1. The molecule has 3 fully saturated rings. The molecule has 2 saturated carbocycles. The average Bonchev–Trinajstić information content (AvgIpc) is 4.12. The highest BCUT2D eigenvalue weighted by atomic mass is 32.2. The molecule has 1 amide bonds. The van der Waals surface area contributed by atoms with Crippen molar-refractivity contribution in [3.63, 3.8) is 0 Å². The summed E-state index contributed by atoms with van der Waals surface area (Å²) >= 11 is 1.67. The van der Waals surface area contributed by atoms with Crippen molar-refractivity contribution in [2.75, 3.05) is 32.1 Å². The summed E-state index contributed by atoms with van der Waals surface area (Å²) in [5.74, 6) is 0.808. The predicted molar refractivity (Wildman–Crippen MR) is 191 cm³/mol. The number of pyridine rings is 1. The Morgan fingerprint density at radius 1 is 1.06 bits per heavy atom. The zero-order valence-electron chi connectivity index (χ0n) is 28.9. The molecular formula is C38H49N3O9S. The second-order valence-electron chi connectivity index (χ2n) is 13.7. The molecule has 0 spiro atoms. The van der Waals surface area contributed by atoms with E-state index in [0.29, 0.717) is 31.2 Å². The number of aryl methyl sites for hydroxylation is 1. The molecule has 1 saturated heterocycles. The van der Waals surface area contributed by atoms with Crippen LogP contribution in [0.25, 0.3) is 11.1 Å². The Kier molecular flexibility index (Phi) is 12.7. The van der Waals surface area contributed by atoms with Crippen molar-refractivity contribution < 1.29 is 44.8 Å². The lowest BCUT2D eigenvalue weighted by molar-refractivity contribution is -0.323. The number of rotatable bonds is 18. The molecule has 12 nitrogen and oxygen atoms in total. The maximum Gasteiger partial charge on any atom is 0.254 e. The van der Waals surface area contributed by atoms with Gasteiger partial charge >= 0.3 is 0 Å². The summed E-state index contributed by atoms with van der Waals surface area (Å²) < 4.78 is 6.27. The Morgan fingerprint density at radius 2 is 1.86 bits per heavy atom. The summed E-state index contributed by atoms with van der Waals surface area (Å²) in [6.45, 7) is 2.61. The van der Waals surface area contributed by atoms with Crippen molar-refractivity contribution in [1.29, 1.82) is 0 Å². The van der Waals surface area contributed by atoms with Gasteiger partial charge in [0.1, 0.15) is 30.7 Å². The fraction of sp³-hybridized carbons (Fsp3) is 0.526. The summed E-state index contributed by atoms with van der Waals surface area (Å²) in [5, 5.41) is 53.7. The minimum Gasteiger partial charge on any atom is -0.490 e. The smallest absolute Gasteiger partial charge is 0.254 e. The standard InChI is InChI=1S/C38H49N3O9S/c1-24-7-10-28(51-18-4-16-41(26-12-17-48-49-23-26)37(47)36(46)35(45)34(44)32(43)22-42)19-25(24)20-40-38(13-14-38)31-21-39-15-11-29(31)30-5-2-3-6-33(30)50-27-8-9-27/h2-3,5-7,10-11,15,19,21,26-27,32,34-36,40,42-46H,4,8-9,12-14,16-18,20,22-23H2,1H3/t26?,32-,34+,35-,36-/m0/s1. The molecular weight excluding hydrogens is 674 g/mol. The van der Waals surface area contributed by atoms with Crippen LogP contribution >= 0.6 is 11.8 Å². The van der Waals surface area contributed by atoms with Crippen LogP contribution in [0.2, 0.25) is 0 Å². The first kappa shape index (κ1) is 37.6. The van der Waals surface area contributed by atoms with Gasteiger partial charge in [-0.3, -0.25) is 9.78 Å². The van der Waals surface area contributed by atoms with E-state index in [9.17, 15) is 25.2 Å². The van der Waals surface area contributed by atoms with Crippen molar-refractivity contribution >= 4 is 17.7 Å². The highest BCUT2D eigenvalue weighted by molar-refractivity contribution is 7.99. The van der Waals surface area contributed by atoms with Crippen molar-refractivity contribution in [2.24, 2.45) is 0 Å². The van der Waals surface area contributed by atoms with E-state index in [-0.39, 0.29) is 25.3 Å². The lowest BCUT2D eigenvalue weighted by Crippen LogP contribution is -2.56. The quantitative estimate of drug-likeness (QED) is 0.0645. The van der Waals surface area contributed by atoms with Gasteiger partial charge < -0.3 is 40.5 Å². The Morgan fingerprint density at radius 3 is 2.59 bits per heavy atom. The zero-order chi connectivity index (χ0) is 36.0. The molecule has 6 rings (SSSR count). The summed E-state index contributed by atoms with van der Waals surface area (Å²) in [7, 11) is 0. The van der Waals surface area contributed by atoms with Gasteiger partial charge in [-0.05, 0) is 97.7 Å². The molecule has 2 aliphatic carbocycles. The number of hydrogen-bond acceptors (Lipinski definition) is 12. The molecule has 51 heavy (non-hydrogen) atoms. The Hall–Kier alpha value is -3.11. The molecule has 13 heteroatoms. The van der Waals surface area contributed by atoms with Crippen molar-refractivity contribution in [1.82, 2.24) is 15.2 Å². The minimum atomic E-state index is -1.99. The average molecular weight is 724 g/mol. The number of amides is 1. The van der Waals surface area contributed by atoms with E-state index in [2.05, 4.69) is 59.7 Å². The summed E-state index contributed by atoms with van der Waals surface area (Å²) in [5.41, 5.74) is 5.65. The minimum absolute atomic E-state index is 0.0978. The van der Waals surface area contributed by atoms with E-state index in [1.807, 2.05) is 18.5 Å². The van der Waals surface area contributed by atoms with Gasteiger partial charge in [0, 0.05) is 41.5 Å². The molecule has 6 N–H and O–H groups in total. The van der Waals surface area contributed by atoms with Gasteiger partial charge in [0.2, 0.25) is 0 Å². The molecule has 3 aromatic rings. The number of nitrogens with zero attached hydrogens (tertiary/aromatic N) is 2. The monoisotopic (exact) mass is 723 g/mol. The van der Waals surface area contributed by atoms with Crippen LogP contribution in [0.1, 0.15) is 55.2 Å². The van der Waals surface area contributed by atoms with E-state index in [0.717, 1.165) is 47.5 Å². The van der Waals surface area contributed by atoms with Crippen LogP contribution in [-0.2, 0) is 26.7 Å². The third-order valence-corrected chi connectivity index (χ3v) is 11.0. The number of benzene rings is 2. The lowest BCUT2D eigenvalue weighted by Gasteiger charge is -2.36. The Bertz CT molecular complexity index is 1610. The van der Waals surface area contributed by atoms with Gasteiger partial charge in [0.05, 0.1) is 25.4 Å². The number of ether oxygens (including phenoxy) is 1. The molecule has 1 aromatic heterocycles. The van der Waals surface area contributed by atoms with Gasteiger partial charge in [-0.15, -0.1) is 11.8 Å². The Balaban J connectivity index is 1.07. The van der Waals surface area contributed by atoms with E-state index in [4.69, 9.17) is 19.6 Å². The van der Waals surface area contributed by atoms with E-state index in [1.54, 1.807) is 11.8 Å². The first-order chi connectivity index (χ1) is 24.7. The second kappa shape index (κ2) is 17.1. The summed E-state index contributed by atoms with van der Waals surface area (Å²) in [6, 6.07) is 16.4. The number of nitrogens with one attached hydrogen (secondary N) is 1. The topological polar surface area (TPSA) is 174 Å². The maximum atomic E-state index is 13.3. The van der Waals surface area contributed by atoms with Gasteiger partial charge in [0.15, 0.2) is 6.10 Å². The van der Waals surface area contributed by atoms with Crippen LogP contribution in [0.3, 0.4) is 0 Å². The molecule has 1 aliphatic heterocycles. The van der Waals surface area contributed by atoms with Crippen LogP contribution in [0.5, 0.6) is 5.75 Å². The number of carbonyl (C=O) groups is 1. The Labute approximate surface area is 302 Å². The van der Waals surface area contributed by atoms with Gasteiger partial charge in [0.25, 0.3) is 5.91 Å². The van der Waals surface area contributed by atoms with E-state index >= 15 is 0 Å². The highest BCUT2D eigenvalue weighted by Gasteiger charge is 2.46. The van der Waals surface area contributed by atoms with E-state index in [1.165, 1.54) is 21.6 Å². The van der Waals surface area contributed by atoms with Crippen LogP contribution in [0, 0.1) is 6.92 Å². The molecule has 2 aromatic carbocycles. The van der Waals surface area contributed by atoms with Gasteiger partial charge in [-0.2, -0.15) is 0 Å². The molecule has 5 atom stereocenters. The van der Waals surface area contributed by atoms with Crippen LogP contribution in [0.4, 0.5) is 0 Å². The molecule has 1 unspecified atom stereocenters. The number of hydrogen-bond donors (Lipinski definition) is 6. The first-order valence-corrected chi connectivity index (χ1v) is 18.8. The molecule has 0 bridgehead atoms. The van der Waals surface area contributed by atoms with Crippen molar-refractivity contribution in [2.45, 2.75) is 99.0 Å². The molecule has 276 valence electrons. The zero-order valence-corrected chi connectivity index (χ0v) is 29.7. The predicted octanol–water partition coefficient (Wildman–Crippen LogP) is 2.84. The SMILES string of the molecule is Cc1ccc(SCCCN(C(=O)[C@@H](O)[C@@H](O)[C@H](O)[C@@H](O)CO)C2CCOOC2)cc1CNC1(c2cnccc2-c2ccccc2OC2CC2)CC1. The number of aliphatic hydroxyl groups excluding tert-OH is 5. The second-order valence-corrected chi connectivity index (χ2v) is 14.9. The number of thioether (sulfide) groups is 1. The normalized spacial score (nSPS) is 20.6. The fourth-order valence-electron chi connectivity index (χ4n) is 6.46. The molecule has 3 aliphatic rings. The number of carbonyl (C=O) groups excluding carboxylic acids is 1. The first-order valence-electron chi connectivity index (χ1n) is 17.8. The van der Waals surface area contributed by atoms with Crippen molar-refractivity contribution in [3.05, 3.63) is 77.6 Å². The van der Waals surface area contributed by atoms with Crippen LogP contribution in [0.15, 0.2) is 65.8 Å². The van der Waals surface area contributed by atoms with Crippen LogP contribution in [-0.4, -0.2) is 110 Å². The third kappa shape index (κ3) is 9.28. The fourth-order valence-corrected chi connectivity index (χ4v) is 7.36. The number of para-hydroxylation sites is 1. The largest absolute Gasteiger partial charge is 0.490 e. The molecule has 2 heterocycles. The summed E-state index contributed by atoms with van der Waals surface area (Å²) in [4.78, 5) is 30.4. The van der Waals surface area contributed by atoms with Gasteiger partial charge in [-0.25, -0.2) is 9.78 Å². The maximum absolute atomic E-state index is 13.3. The number of aliphatic hydroxyl groups is 5. The lowest BCUT2D eigenvalue weighted by atomic mass is 9.94. The van der Waals surface area contributed by atoms with Crippen LogP contribution < -0.4 is 10.1 Å². The third-order valence-electron chi connectivity index (χ3n) is 9.94. The van der Waals surface area contributed by atoms with E-state index < -0.39 is 43.0 Å². The molecule has 0 radical (unpaired) electrons. The summed E-state index contributed by atoms with van der Waals surface area (Å²) in [6.07, 6.45) is 1.87. The highest BCUT2D eigenvalue weighted by Crippen LogP contribution is 2.50. The van der Waals surface area contributed by atoms with Gasteiger partial charge in [-0.1, -0.05) is 24.3 Å².